The van der Waals surface area contributed by atoms with E-state index in [0.717, 1.165) is 11.8 Å². The monoisotopic (exact) mass is 479 g/mol. The highest BCUT2D eigenvalue weighted by Gasteiger charge is 2.31. The van der Waals surface area contributed by atoms with Gasteiger partial charge >= 0.3 is 0 Å². The number of carbonyl (C=O) groups is 2. The third-order valence-electron chi connectivity index (χ3n) is 5.42. The normalized spacial score (nSPS) is 15.4. The number of benzene rings is 3. The topological polar surface area (TPSA) is 105 Å². The highest BCUT2D eigenvalue weighted by atomic mass is 32.2. The van der Waals surface area contributed by atoms with Crippen molar-refractivity contribution >= 4 is 33.2 Å². The number of nitrogens with zero attached hydrogens (tertiary/aromatic N) is 1. The maximum absolute atomic E-state index is 13.1. The van der Waals surface area contributed by atoms with Crippen LogP contribution in [0.2, 0.25) is 0 Å². The second kappa shape index (κ2) is 9.96. The van der Waals surface area contributed by atoms with Gasteiger partial charge in [-0.2, -0.15) is 0 Å². The van der Waals surface area contributed by atoms with Crippen molar-refractivity contribution in [1.29, 1.82) is 0 Å². The van der Waals surface area contributed by atoms with Gasteiger partial charge in [0.15, 0.2) is 6.10 Å². The number of hydrogen-bond donors (Lipinski definition) is 2. The lowest BCUT2D eigenvalue weighted by Crippen LogP contribution is -2.36. The van der Waals surface area contributed by atoms with Crippen LogP contribution in [0.3, 0.4) is 0 Å². The Morgan fingerprint density at radius 3 is 2.41 bits per heavy atom. The summed E-state index contributed by atoms with van der Waals surface area (Å²) < 4.78 is 31.7. The van der Waals surface area contributed by atoms with Crippen LogP contribution in [-0.4, -0.2) is 39.1 Å². The van der Waals surface area contributed by atoms with E-state index in [1.807, 2.05) is 30.3 Å². The highest BCUT2D eigenvalue weighted by Crippen LogP contribution is 2.34. The fourth-order valence-electron chi connectivity index (χ4n) is 3.74. The number of amides is 2. The predicted molar refractivity (Wildman–Crippen MR) is 130 cm³/mol. The number of nitrogens with one attached hydrogen (secondary N) is 2. The molecule has 0 aliphatic carbocycles. The molecule has 4 rings (SSSR count). The van der Waals surface area contributed by atoms with E-state index in [0.29, 0.717) is 29.2 Å². The molecule has 0 radical (unpaired) electrons. The van der Waals surface area contributed by atoms with E-state index in [1.54, 1.807) is 48.5 Å². The molecule has 1 atom stereocenters. The summed E-state index contributed by atoms with van der Waals surface area (Å²) in [5.41, 5.74) is 2.01. The fraction of sp³-hybridized carbons (Fsp3) is 0.200. The van der Waals surface area contributed by atoms with Crippen molar-refractivity contribution in [2.24, 2.45) is 0 Å². The minimum Gasteiger partial charge on any atom is -0.478 e. The number of fused-ring (bicyclic) bond motifs is 1. The maximum atomic E-state index is 13.1. The molecular formula is C25H25N3O5S. The number of carbonyl (C=O) groups excluding carboxylic acids is 2. The van der Waals surface area contributed by atoms with E-state index in [4.69, 9.17) is 4.74 Å². The van der Waals surface area contributed by atoms with E-state index in [1.165, 1.54) is 4.31 Å². The molecule has 0 aromatic heterocycles. The van der Waals surface area contributed by atoms with E-state index >= 15 is 0 Å². The van der Waals surface area contributed by atoms with Crippen LogP contribution in [0.25, 0.3) is 0 Å². The summed E-state index contributed by atoms with van der Waals surface area (Å²) in [6.07, 6.45) is 0.332. The lowest BCUT2D eigenvalue weighted by atomic mass is 10.1. The van der Waals surface area contributed by atoms with Gasteiger partial charge in [-0.3, -0.25) is 13.9 Å². The molecule has 1 heterocycles. The Morgan fingerprint density at radius 1 is 0.971 bits per heavy atom. The number of hydrogen-bond acceptors (Lipinski definition) is 5. The van der Waals surface area contributed by atoms with Crippen LogP contribution in [0, 0.1) is 0 Å². The third-order valence-corrected chi connectivity index (χ3v) is 6.60. The molecule has 34 heavy (non-hydrogen) atoms. The van der Waals surface area contributed by atoms with Crippen LogP contribution in [0.15, 0.2) is 78.9 Å². The molecular weight excluding hydrogens is 454 g/mol. The molecule has 0 fully saturated rings. The Morgan fingerprint density at radius 2 is 1.65 bits per heavy atom. The van der Waals surface area contributed by atoms with Crippen LogP contribution < -0.4 is 19.7 Å². The van der Waals surface area contributed by atoms with Crippen LogP contribution in [-0.2, 0) is 21.4 Å². The summed E-state index contributed by atoms with van der Waals surface area (Å²) in [7, 11) is -3.55. The molecule has 2 N–H and O–H groups in total. The predicted octanol–water partition coefficient (Wildman–Crippen LogP) is 3.17. The molecule has 9 heteroatoms. The molecule has 1 aliphatic heterocycles. The first-order valence-electron chi connectivity index (χ1n) is 10.8. The number of sulfonamides is 1. The van der Waals surface area contributed by atoms with Gasteiger partial charge in [0.25, 0.3) is 11.8 Å². The number of anilines is 2. The molecule has 8 nitrogen and oxygen atoms in total. The van der Waals surface area contributed by atoms with Crippen LogP contribution >= 0.6 is 0 Å². The third kappa shape index (κ3) is 5.37. The first kappa shape index (κ1) is 23.3. The zero-order valence-corrected chi connectivity index (χ0v) is 19.4. The van der Waals surface area contributed by atoms with E-state index in [2.05, 4.69) is 10.6 Å². The largest absolute Gasteiger partial charge is 0.478 e. The average Bonchev–Trinajstić information content (AvgIpc) is 3.03. The zero-order chi connectivity index (χ0) is 24.1. The minimum absolute atomic E-state index is 0.0904. The van der Waals surface area contributed by atoms with Crippen molar-refractivity contribution in [3.05, 3.63) is 90.0 Å². The molecule has 0 spiro atoms. The molecule has 0 saturated heterocycles. The van der Waals surface area contributed by atoms with Gasteiger partial charge in [0.1, 0.15) is 5.75 Å². The quantitative estimate of drug-likeness (QED) is 0.565. The van der Waals surface area contributed by atoms with Crippen molar-refractivity contribution in [1.82, 2.24) is 5.32 Å². The summed E-state index contributed by atoms with van der Waals surface area (Å²) in [4.78, 5) is 25.9. The average molecular weight is 480 g/mol. The van der Waals surface area contributed by atoms with E-state index in [9.17, 15) is 18.0 Å². The summed E-state index contributed by atoms with van der Waals surface area (Å²) in [5, 5.41) is 5.64. The fourth-order valence-corrected chi connectivity index (χ4v) is 4.68. The standard InChI is InChI=1S/C25H25N3O5S/c1-34(31,32)28-16-15-23(33-22-14-8-7-13-21(22)28)25(30)27-20-12-6-5-11-19(20)24(29)26-17-18-9-3-2-4-10-18/h2-14,23H,15-17H2,1H3,(H,26,29)(H,27,30)/t23-/m1/s1. The minimum atomic E-state index is -3.55. The molecule has 0 bridgehead atoms. The van der Waals surface area contributed by atoms with Gasteiger partial charge in [-0.1, -0.05) is 54.6 Å². The van der Waals surface area contributed by atoms with Gasteiger partial charge in [0, 0.05) is 19.5 Å². The zero-order valence-electron chi connectivity index (χ0n) is 18.6. The van der Waals surface area contributed by atoms with Gasteiger partial charge in [-0.05, 0) is 29.8 Å². The van der Waals surface area contributed by atoms with Crippen LogP contribution in [0.5, 0.6) is 5.75 Å². The van der Waals surface area contributed by atoms with E-state index in [-0.39, 0.29) is 18.9 Å². The molecule has 3 aromatic carbocycles. The molecule has 1 aliphatic rings. The Labute approximate surface area is 198 Å². The van der Waals surface area contributed by atoms with Gasteiger partial charge in [-0.15, -0.1) is 0 Å². The number of rotatable bonds is 6. The first-order chi connectivity index (χ1) is 16.3. The SMILES string of the molecule is CS(=O)(=O)N1CC[C@H](C(=O)Nc2ccccc2C(=O)NCc2ccccc2)Oc2ccccc21. The summed E-state index contributed by atoms with van der Waals surface area (Å²) in [5.74, 6) is -0.483. The van der Waals surface area contributed by atoms with Crippen molar-refractivity contribution in [3.63, 3.8) is 0 Å². The van der Waals surface area contributed by atoms with Gasteiger partial charge in [-0.25, -0.2) is 8.42 Å². The Hall–Kier alpha value is -3.85. The molecule has 176 valence electrons. The second-order valence-electron chi connectivity index (χ2n) is 7.90. The van der Waals surface area contributed by atoms with Crippen molar-refractivity contribution in [2.45, 2.75) is 19.1 Å². The first-order valence-corrected chi connectivity index (χ1v) is 12.6. The van der Waals surface area contributed by atoms with Crippen molar-refractivity contribution in [3.8, 4) is 5.75 Å². The van der Waals surface area contributed by atoms with Gasteiger partial charge in [0.05, 0.1) is 23.2 Å². The molecule has 0 saturated carbocycles. The van der Waals surface area contributed by atoms with Gasteiger partial charge in [0.2, 0.25) is 10.0 Å². The lowest BCUT2D eigenvalue weighted by molar-refractivity contribution is -0.122. The van der Waals surface area contributed by atoms with Gasteiger partial charge < -0.3 is 15.4 Å². The summed E-state index contributed by atoms with van der Waals surface area (Å²) in [6.45, 7) is 0.443. The molecule has 0 unspecified atom stereocenters. The van der Waals surface area contributed by atoms with Crippen molar-refractivity contribution < 1.29 is 22.7 Å². The highest BCUT2D eigenvalue weighted by molar-refractivity contribution is 7.92. The van der Waals surface area contributed by atoms with Crippen molar-refractivity contribution in [2.75, 3.05) is 22.4 Å². The van der Waals surface area contributed by atoms with Crippen LogP contribution in [0.4, 0.5) is 11.4 Å². The second-order valence-corrected chi connectivity index (χ2v) is 9.81. The lowest BCUT2D eigenvalue weighted by Gasteiger charge is -2.20. The van der Waals surface area contributed by atoms with Crippen LogP contribution in [0.1, 0.15) is 22.3 Å². The summed E-state index contributed by atoms with van der Waals surface area (Å²) in [6, 6.07) is 22.9. The Bertz CT molecular complexity index is 1290. The smallest absolute Gasteiger partial charge is 0.265 e. The Balaban J connectivity index is 1.50. The maximum Gasteiger partial charge on any atom is 0.265 e. The Kier molecular flexibility index (Phi) is 6.83. The number of para-hydroxylation sites is 3. The molecule has 3 aromatic rings. The molecule has 2 amide bonds. The van der Waals surface area contributed by atoms with E-state index < -0.39 is 22.0 Å². The number of ether oxygens (including phenoxy) is 1. The summed E-state index contributed by atoms with van der Waals surface area (Å²) >= 11 is 0.